The molecule has 1 fully saturated rings. The van der Waals surface area contributed by atoms with Crippen molar-refractivity contribution in [2.45, 2.75) is 31.5 Å². The number of carbonyl (C=O) groups is 2. The van der Waals surface area contributed by atoms with Crippen molar-refractivity contribution in [1.29, 1.82) is 0 Å². The smallest absolute Gasteiger partial charge is 0.280 e. The van der Waals surface area contributed by atoms with Crippen LogP contribution in [-0.4, -0.2) is 48.7 Å². The van der Waals surface area contributed by atoms with E-state index in [0.717, 1.165) is 10.4 Å². The molecule has 0 aliphatic carbocycles. The van der Waals surface area contributed by atoms with Crippen molar-refractivity contribution < 1.29 is 22.4 Å². The normalized spacial score (nSPS) is 21.8. The van der Waals surface area contributed by atoms with Crippen molar-refractivity contribution in [2.24, 2.45) is 0 Å². The van der Waals surface area contributed by atoms with Crippen LogP contribution in [0, 0.1) is 5.82 Å². The van der Waals surface area contributed by atoms with E-state index in [-0.39, 0.29) is 17.1 Å². The summed E-state index contributed by atoms with van der Waals surface area (Å²) in [5, 5.41) is 5.02. The molecule has 9 nitrogen and oxygen atoms in total. The second kappa shape index (κ2) is 9.27. The molecule has 3 atom stereocenters. The summed E-state index contributed by atoms with van der Waals surface area (Å²) in [4.78, 5) is 29.6. The van der Waals surface area contributed by atoms with Gasteiger partial charge in [-0.3, -0.25) is 14.6 Å². The summed E-state index contributed by atoms with van der Waals surface area (Å²) in [6.07, 6.45) is 1.47. The Hall–Kier alpha value is -2.60. The summed E-state index contributed by atoms with van der Waals surface area (Å²) in [5.74, 6) is -1.91. The average molecular weight is 470 g/mol. The number of nitrogens with one attached hydrogen (secondary N) is 3. The molecule has 0 saturated carbocycles. The molecule has 1 aliphatic rings. The lowest BCUT2D eigenvalue weighted by Gasteiger charge is -2.35. The van der Waals surface area contributed by atoms with Crippen molar-refractivity contribution >= 4 is 39.3 Å². The van der Waals surface area contributed by atoms with Crippen molar-refractivity contribution in [1.82, 2.24) is 19.3 Å². The molecule has 31 heavy (non-hydrogen) atoms. The van der Waals surface area contributed by atoms with Crippen LogP contribution in [0.1, 0.15) is 25.1 Å². The first-order valence-electron chi connectivity index (χ1n) is 9.31. The van der Waals surface area contributed by atoms with E-state index in [2.05, 4.69) is 20.3 Å². The highest BCUT2D eigenvalue weighted by atomic mass is 35.5. The predicted octanol–water partition coefficient (Wildman–Crippen LogP) is 1.60. The van der Waals surface area contributed by atoms with Crippen LogP contribution in [0.3, 0.4) is 0 Å². The number of anilines is 1. The summed E-state index contributed by atoms with van der Waals surface area (Å²) in [6, 6.07) is 6.02. The highest BCUT2D eigenvalue weighted by Crippen LogP contribution is 2.22. The average Bonchev–Trinajstić information content (AvgIpc) is 2.73. The van der Waals surface area contributed by atoms with Crippen LogP contribution in [-0.2, 0) is 19.8 Å². The first-order chi connectivity index (χ1) is 14.6. The zero-order chi connectivity index (χ0) is 22.8. The fourth-order valence-electron chi connectivity index (χ4n) is 3.10. The quantitative estimate of drug-likeness (QED) is 0.614. The van der Waals surface area contributed by atoms with Gasteiger partial charge in [-0.05, 0) is 43.7 Å². The second-order valence-corrected chi connectivity index (χ2v) is 9.22. The number of halogens is 2. The zero-order valence-electron chi connectivity index (χ0n) is 16.7. The summed E-state index contributed by atoms with van der Waals surface area (Å²) < 4.78 is 41.4. The third kappa shape index (κ3) is 5.37. The number of hydrogen-bond donors (Lipinski definition) is 3. The molecule has 1 aromatic heterocycles. The van der Waals surface area contributed by atoms with E-state index in [1.807, 2.05) is 0 Å². The van der Waals surface area contributed by atoms with Crippen molar-refractivity contribution in [3.8, 4) is 0 Å². The van der Waals surface area contributed by atoms with Gasteiger partial charge in [-0.1, -0.05) is 17.7 Å². The van der Waals surface area contributed by atoms with Crippen LogP contribution in [0.4, 0.5) is 10.1 Å². The van der Waals surface area contributed by atoms with Crippen LogP contribution in [0.2, 0.25) is 5.02 Å². The zero-order valence-corrected chi connectivity index (χ0v) is 18.2. The van der Waals surface area contributed by atoms with Crippen LogP contribution in [0.5, 0.6) is 0 Å². The van der Waals surface area contributed by atoms with Crippen LogP contribution in [0.15, 0.2) is 42.6 Å². The molecular weight excluding hydrogens is 449 g/mol. The molecule has 2 aromatic rings. The Labute approximate surface area is 184 Å². The Morgan fingerprint density at radius 3 is 2.68 bits per heavy atom. The van der Waals surface area contributed by atoms with Gasteiger partial charge in [-0.15, -0.1) is 0 Å². The van der Waals surface area contributed by atoms with Gasteiger partial charge >= 0.3 is 0 Å². The molecule has 166 valence electrons. The molecular formula is C19H21ClFN5O4S. The molecule has 1 aromatic carbocycles. The Balaban J connectivity index is 1.74. The number of nitrogens with zero attached hydrogens (tertiary/aromatic N) is 2. The van der Waals surface area contributed by atoms with Gasteiger partial charge in [0.1, 0.15) is 17.9 Å². The van der Waals surface area contributed by atoms with E-state index in [4.69, 9.17) is 11.6 Å². The van der Waals surface area contributed by atoms with E-state index in [0.29, 0.717) is 5.69 Å². The number of carbonyl (C=O) groups excluding carboxylic acids is 2. The molecule has 3 rings (SSSR count). The minimum absolute atomic E-state index is 0.114. The minimum Gasteiger partial charge on any atom is -0.347 e. The maximum Gasteiger partial charge on any atom is 0.280 e. The first-order valence-corrected chi connectivity index (χ1v) is 11.1. The summed E-state index contributed by atoms with van der Waals surface area (Å²) in [5.41, 5.74) is 0.805. The number of aromatic nitrogens is 1. The molecule has 0 bridgehead atoms. The summed E-state index contributed by atoms with van der Waals surface area (Å²) in [6.45, 7) is 1.71. The lowest BCUT2D eigenvalue weighted by atomic mass is 10.1. The van der Waals surface area contributed by atoms with Crippen LogP contribution < -0.4 is 15.4 Å². The molecule has 0 radical (unpaired) electrons. The van der Waals surface area contributed by atoms with Gasteiger partial charge in [0.25, 0.3) is 10.2 Å². The number of hydrogen-bond acceptors (Lipinski definition) is 5. The van der Waals surface area contributed by atoms with E-state index < -0.39 is 46.0 Å². The standard InChI is InChI=1S/C19H21ClFN5O4S/c1-11(15-5-3-4-8-22-15)23-18(27)16-10-17(26(2)31(29,30)25-16)19(28)24-12-6-7-14(21)13(20)9-12/h3-9,11,16-17,25H,10H2,1-2H3,(H,23,27)(H,24,28). The molecule has 12 heteroatoms. The Kier molecular flexibility index (Phi) is 6.90. The fourth-order valence-corrected chi connectivity index (χ4v) is 4.53. The number of amides is 2. The highest BCUT2D eigenvalue weighted by molar-refractivity contribution is 7.87. The third-order valence-electron chi connectivity index (χ3n) is 4.86. The van der Waals surface area contributed by atoms with Crippen molar-refractivity contribution in [3.05, 3.63) is 59.1 Å². The highest BCUT2D eigenvalue weighted by Gasteiger charge is 2.43. The largest absolute Gasteiger partial charge is 0.347 e. The van der Waals surface area contributed by atoms with E-state index in [1.54, 1.807) is 31.3 Å². The van der Waals surface area contributed by atoms with Crippen molar-refractivity contribution in [2.75, 3.05) is 12.4 Å². The molecule has 2 amide bonds. The van der Waals surface area contributed by atoms with E-state index >= 15 is 0 Å². The minimum atomic E-state index is -4.10. The Morgan fingerprint density at radius 2 is 2.03 bits per heavy atom. The van der Waals surface area contributed by atoms with E-state index in [1.165, 1.54) is 19.2 Å². The molecule has 3 unspecified atom stereocenters. The van der Waals surface area contributed by atoms with Gasteiger partial charge in [0.05, 0.1) is 16.8 Å². The fraction of sp³-hybridized carbons (Fsp3) is 0.316. The summed E-state index contributed by atoms with van der Waals surface area (Å²) in [7, 11) is -2.87. The molecule has 0 spiro atoms. The van der Waals surface area contributed by atoms with Gasteiger partial charge in [-0.2, -0.15) is 17.4 Å². The molecule has 3 N–H and O–H groups in total. The Bertz CT molecular complexity index is 1090. The van der Waals surface area contributed by atoms with Gasteiger partial charge in [-0.25, -0.2) is 4.39 Å². The maximum atomic E-state index is 13.3. The third-order valence-corrected chi connectivity index (χ3v) is 6.75. The van der Waals surface area contributed by atoms with Gasteiger partial charge in [0.2, 0.25) is 11.8 Å². The van der Waals surface area contributed by atoms with Gasteiger partial charge in [0, 0.05) is 18.9 Å². The molecule has 2 heterocycles. The maximum absolute atomic E-state index is 13.3. The SMILES string of the molecule is CC(NC(=O)C1CC(C(=O)Nc2ccc(F)c(Cl)c2)N(C)S(=O)(=O)N1)c1ccccn1. The van der Waals surface area contributed by atoms with Crippen molar-refractivity contribution in [3.63, 3.8) is 0 Å². The lowest BCUT2D eigenvalue weighted by Crippen LogP contribution is -2.62. The first kappa shape index (κ1) is 23.1. The Morgan fingerprint density at radius 1 is 1.29 bits per heavy atom. The summed E-state index contributed by atoms with van der Waals surface area (Å²) >= 11 is 5.72. The molecule has 1 saturated heterocycles. The second-order valence-electron chi connectivity index (χ2n) is 7.05. The molecule has 1 aliphatic heterocycles. The topological polar surface area (TPSA) is 121 Å². The monoisotopic (exact) mass is 469 g/mol. The van der Waals surface area contributed by atoms with E-state index in [9.17, 15) is 22.4 Å². The van der Waals surface area contributed by atoms with Crippen LogP contribution in [0.25, 0.3) is 0 Å². The number of benzene rings is 1. The van der Waals surface area contributed by atoms with Gasteiger partial charge < -0.3 is 10.6 Å². The number of rotatable bonds is 5. The number of likely N-dealkylation sites (N-methyl/N-ethyl adjacent to an activating group) is 1. The number of pyridine rings is 1. The lowest BCUT2D eigenvalue weighted by molar-refractivity contribution is -0.125. The predicted molar refractivity (Wildman–Crippen MR) is 113 cm³/mol. The van der Waals surface area contributed by atoms with Crippen LogP contribution >= 0.6 is 11.6 Å². The van der Waals surface area contributed by atoms with Gasteiger partial charge in [0.15, 0.2) is 0 Å².